The van der Waals surface area contributed by atoms with Gasteiger partial charge in [-0.15, -0.1) is 0 Å². The fraction of sp³-hybridized carbons (Fsp3) is 0.321. The van der Waals surface area contributed by atoms with E-state index < -0.39 is 11.9 Å². The number of aryl methyl sites for hydroxylation is 1. The zero-order chi connectivity index (χ0) is 30.0. The number of aromatic nitrogens is 4. The van der Waals surface area contributed by atoms with Crippen molar-refractivity contribution in [3.63, 3.8) is 0 Å². The van der Waals surface area contributed by atoms with Gasteiger partial charge in [0.15, 0.2) is 11.5 Å². The lowest BCUT2D eigenvalue weighted by atomic mass is 10.1. The van der Waals surface area contributed by atoms with Crippen LogP contribution in [0.25, 0.3) is 17.5 Å². The van der Waals surface area contributed by atoms with Crippen LogP contribution in [0.2, 0.25) is 0 Å². The van der Waals surface area contributed by atoms with E-state index in [4.69, 9.17) is 17.3 Å². The monoisotopic (exact) mass is 575 g/mol. The number of aliphatic imine (C=N–C) groups is 1. The first-order chi connectivity index (χ1) is 18.9. The van der Waals surface area contributed by atoms with Gasteiger partial charge in [0, 0.05) is 56.4 Å². The number of benzene rings is 1. The van der Waals surface area contributed by atoms with Crippen molar-refractivity contribution in [2.75, 3.05) is 11.9 Å². The summed E-state index contributed by atoms with van der Waals surface area (Å²) in [6, 6.07) is 6.93. The molecule has 0 radical (unpaired) electrons. The number of carbonyl (C=O) groups excluding carboxylic acids is 1. The van der Waals surface area contributed by atoms with Gasteiger partial charge in [0.25, 0.3) is 0 Å². The standard InChI is InChI=1S/C26H27ClF3N7O.C2H6/c1-16(2)33-22(20(27)12-31)23-32-13-19(6-5-11-38)25(35-23)36(3)14-17-7-9-18(10-8-17)24-34-21(15-37(24)4)26(28,29)30;1-2/h5-13,15-16H,14,31H2,1-4H3;1-2H3/b6-5-,20-12+,33-22?;. The minimum Gasteiger partial charge on any atom is -0.403 e. The molecule has 2 N–H and O–H groups in total. The molecule has 0 fully saturated rings. The molecule has 1 aromatic carbocycles. The van der Waals surface area contributed by atoms with Crippen molar-refractivity contribution in [1.29, 1.82) is 0 Å². The van der Waals surface area contributed by atoms with E-state index in [0.29, 0.717) is 35.5 Å². The Balaban J connectivity index is 0.00000274. The molecule has 8 nitrogen and oxygen atoms in total. The number of alkyl halides is 3. The summed E-state index contributed by atoms with van der Waals surface area (Å²) in [5.41, 5.74) is 7.00. The fourth-order valence-corrected chi connectivity index (χ4v) is 3.74. The van der Waals surface area contributed by atoms with Gasteiger partial charge in [-0.3, -0.25) is 9.79 Å². The third kappa shape index (κ3) is 8.25. The number of nitrogens with two attached hydrogens (primary N) is 1. The largest absolute Gasteiger partial charge is 0.434 e. The van der Waals surface area contributed by atoms with Crippen molar-refractivity contribution in [2.45, 2.75) is 46.5 Å². The van der Waals surface area contributed by atoms with Crippen LogP contribution >= 0.6 is 11.6 Å². The number of imidazole rings is 1. The number of halogens is 4. The van der Waals surface area contributed by atoms with Gasteiger partial charge in [-0.25, -0.2) is 15.0 Å². The topological polar surface area (TPSA) is 102 Å². The maximum Gasteiger partial charge on any atom is 0.434 e. The second kappa shape index (κ2) is 14.4. The quantitative estimate of drug-likeness (QED) is 0.190. The molecule has 0 amide bonds. The number of carbonyl (C=O) groups is 1. The minimum atomic E-state index is -4.52. The molecule has 0 aliphatic carbocycles. The Kier molecular flexibility index (Phi) is 11.6. The summed E-state index contributed by atoms with van der Waals surface area (Å²) >= 11 is 6.28. The highest BCUT2D eigenvalue weighted by Crippen LogP contribution is 2.31. The van der Waals surface area contributed by atoms with Crippen LogP contribution in [0.15, 0.2) is 59.0 Å². The number of aldehydes is 1. The molecule has 0 bridgehead atoms. The summed E-state index contributed by atoms with van der Waals surface area (Å²) in [6.45, 7) is 8.16. The van der Waals surface area contributed by atoms with E-state index in [2.05, 4.69) is 19.9 Å². The van der Waals surface area contributed by atoms with E-state index in [-0.39, 0.29) is 22.7 Å². The van der Waals surface area contributed by atoms with Gasteiger partial charge in [-0.2, -0.15) is 13.2 Å². The molecule has 40 heavy (non-hydrogen) atoms. The lowest BCUT2D eigenvalue weighted by Gasteiger charge is -2.21. The number of rotatable bonds is 9. The zero-order valence-electron chi connectivity index (χ0n) is 23.2. The van der Waals surface area contributed by atoms with Crippen LogP contribution in [-0.4, -0.2) is 44.6 Å². The van der Waals surface area contributed by atoms with Crippen LogP contribution in [0, 0.1) is 0 Å². The smallest absolute Gasteiger partial charge is 0.403 e. The van der Waals surface area contributed by atoms with Crippen molar-refractivity contribution >= 4 is 35.5 Å². The van der Waals surface area contributed by atoms with Crippen LogP contribution in [0.5, 0.6) is 0 Å². The first kappa shape index (κ1) is 32.2. The molecular weight excluding hydrogens is 543 g/mol. The Labute approximate surface area is 237 Å². The zero-order valence-corrected chi connectivity index (χ0v) is 24.0. The average Bonchev–Trinajstić information content (AvgIpc) is 3.33. The molecule has 0 aliphatic rings. The number of anilines is 1. The first-order valence-electron chi connectivity index (χ1n) is 12.5. The molecule has 3 aromatic rings. The molecule has 214 valence electrons. The number of hydrogen-bond donors (Lipinski definition) is 1. The summed E-state index contributed by atoms with van der Waals surface area (Å²) in [7, 11) is 3.33. The van der Waals surface area contributed by atoms with Gasteiger partial charge in [0.05, 0.1) is 5.03 Å². The second-order valence-electron chi connectivity index (χ2n) is 8.67. The third-order valence-corrected chi connectivity index (χ3v) is 5.59. The highest BCUT2D eigenvalue weighted by molar-refractivity contribution is 6.45. The number of nitrogens with zero attached hydrogens (tertiary/aromatic N) is 6. The van der Waals surface area contributed by atoms with Crippen molar-refractivity contribution in [2.24, 2.45) is 17.8 Å². The highest BCUT2D eigenvalue weighted by Gasteiger charge is 2.34. The highest BCUT2D eigenvalue weighted by atomic mass is 35.5. The SMILES string of the molecule is CC.CC(C)N=C(/C(Cl)=C\N)c1ncc(/C=C\C=O)c(N(C)Cc2ccc(-c3nc(C(F)(F)F)cn3C)cc2)n1. The van der Waals surface area contributed by atoms with E-state index in [0.717, 1.165) is 11.8 Å². The predicted octanol–water partition coefficient (Wildman–Crippen LogP) is 6.01. The van der Waals surface area contributed by atoms with Gasteiger partial charge in [-0.05, 0) is 31.6 Å². The van der Waals surface area contributed by atoms with Gasteiger partial charge >= 0.3 is 6.18 Å². The Hall–Kier alpha value is -3.99. The van der Waals surface area contributed by atoms with Crippen molar-refractivity contribution < 1.29 is 18.0 Å². The number of allylic oxidation sites excluding steroid dienone is 2. The lowest BCUT2D eigenvalue weighted by molar-refractivity contribution is -0.140. The summed E-state index contributed by atoms with van der Waals surface area (Å²) in [4.78, 5) is 30.1. The van der Waals surface area contributed by atoms with Gasteiger partial charge < -0.3 is 15.2 Å². The van der Waals surface area contributed by atoms with Gasteiger partial charge in [0.2, 0.25) is 0 Å². The van der Waals surface area contributed by atoms with Crippen LogP contribution in [0.1, 0.15) is 50.3 Å². The molecule has 12 heteroatoms. The van der Waals surface area contributed by atoms with Crippen LogP contribution in [0.4, 0.5) is 19.0 Å². The van der Waals surface area contributed by atoms with Gasteiger partial charge in [0.1, 0.15) is 23.6 Å². The molecule has 0 aliphatic heterocycles. The molecular formula is C28H33ClF3N7O. The van der Waals surface area contributed by atoms with Gasteiger partial charge in [-0.1, -0.05) is 49.7 Å². The van der Waals surface area contributed by atoms with Crippen LogP contribution in [0.3, 0.4) is 0 Å². The molecule has 0 saturated carbocycles. The van der Waals surface area contributed by atoms with E-state index >= 15 is 0 Å². The molecule has 2 heterocycles. The van der Waals surface area contributed by atoms with Crippen LogP contribution in [-0.2, 0) is 24.6 Å². The Morgan fingerprint density at radius 1 is 1.20 bits per heavy atom. The maximum atomic E-state index is 13.0. The van der Waals surface area contributed by atoms with E-state index in [1.807, 2.05) is 39.6 Å². The summed E-state index contributed by atoms with van der Waals surface area (Å²) in [6.07, 6.45) is 2.80. The molecule has 0 spiro atoms. The lowest BCUT2D eigenvalue weighted by Crippen LogP contribution is -2.21. The van der Waals surface area contributed by atoms with Crippen molar-refractivity contribution in [3.8, 4) is 11.4 Å². The molecule has 0 atom stereocenters. The average molecular weight is 576 g/mol. The van der Waals surface area contributed by atoms with Crippen molar-refractivity contribution in [1.82, 2.24) is 19.5 Å². The molecule has 3 rings (SSSR count). The Morgan fingerprint density at radius 2 is 1.85 bits per heavy atom. The molecule has 2 aromatic heterocycles. The summed E-state index contributed by atoms with van der Waals surface area (Å²) in [5.74, 6) is 0.982. The molecule has 0 saturated heterocycles. The normalized spacial score (nSPS) is 12.5. The first-order valence-corrected chi connectivity index (χ1v) is 12.9. The minimum absolute atomic E-state index is 0.0949. The van der Waals surface area contributed by atoms with Crippen molar-refractivity contribution in [3.05, 3.63) is 76.6 Å². The van der Waals surface area contributed by atoms with E-state index in [1.54, 1.807) is 36.5 Å². The Morgan fingerprint density at radius 3 is 2.38 bits per heavy atom. The van der Waals surface area contributed by atoms with Crippen LogP contribution < -0.4 is 10.6 Å². The summed E-state index contributed by atoms with van der Waals surface area (Å²) in [5, 5.41) is 0.196. The maximum absolute atomic E-state index is 13.0. The van der Waals surface area contributed by atoms with E-state index in [1.165, 1.54) is 23.9 Å². The molecule has 0 unspecified atom stereocenters. The fourth-order valence-electron chi connectivity index (χ4n) is 3.60. The number of hydrogen-bond acceptors (Lipinski definition) is 7. The predicted molar refractivity (Wildman–Crippen MR) is 154 cm³/mol. The summed E-state index contributed by atoms with van der Waals surface area (Å²) < 4.78 is 40.5. The third-order valence-electron chi connectivity index (χ3n) is 5.28. The Bertz CT molecular complexity index is 1380. The van der Waals surface area contributed by atoms with E-state index in [9.17, 15) is 18.0 Å². The second-order valence-corrected chi connectivity index (χ2v) is 9.07.